The highest BCUT2D eigenvalue weighted by molar-refractivity contribution is 5.96. The van der Waals surface area contributed by atoms with E-state index in [2.05, 4.69) is 5.32 Å². The van der Waals surface area contributed by atoms with E-state index in [1.165, 1.54) is 0 Å². The lowest BCUT2D eigenvalue weighted by Gasteiger charge is -2.20. The Morgan fingerprint density at radius 1 is 1.26 bits per heavy atom. The molecule has 1 fully saturated rings. The molecule has 0 unspecified atom stereocenters. The monoisotopic (exact) mass is 315 g/mol. The number of amides is 1. The van der Waals surface area contributed by atoms with Crippen molar-refractivity contribution in [2.75, 3.05) is 6.61 Å². The van der Waals surface area contributed by atoms with Crippen LogP contribution >= 0.6 is 0 Å². The number of nitrogens with one attached hydrogen (secondary N) is 1. The molecule has 1 N–H and O–H groups in total. The first-order valence-electron chi connectivity index (χ1n) is 8.07. The van der Waals surface area contributed by atoms with Crippen molar-refractivity contribution < 1.29 is 19.1 Å². The van der Waals surface area contributed by atoms with Crippen molar-refractivity contribution in [2.24, 2.45) is 0 Å². The van der Waals surface area contributed by atoms with Crippen molar-refractivity contribution in [1.82, 2.24) is 5.32 Å². The Balaban J connectivity index is 1.58. The van der Waals surface area contributed by atoms with Gasteiger partial charge in [0.25, 0.3) is 5.91 Å². The molecule has 122 valence electrons. The molecule has 3 rings (SSSR count). The van der Waals surface area contributed by atoms with Crippen molar-refractivity contribution in [2.45, 2.75) is 44.8 Å². The van der Waals surface area contributed by atoms with Gasteiger partial charge in [-0.1, -0.05) is 31.0 Å². The maximum Gasteiger partial charge on any atom is 0.338 e. The molecule has 23 heavy (non-hydrogen) atoms. The van der Waals surface area contributed by atoms with Crippen molar-refractivity contribution >= 4 is 18.0 Å². The maximum atomic E-state index is 12.2. The Morgan fingerprint density at radius 2 is 2.00 bits per heavy atom. The number of hydrogen-bond donors (Lipinski definition) is 1. The van der Waals surface area contributed by atoms with Gasteiger partial charge in [0.15, 0.2) is 6.10 Å². The van der Waals surface area contributed by atoms with Crippen LogP contribution in [0.5, 0.6) is 5.75 Å². The van der Waals surface area contributed by atoms with E-state index in [0.29, 0.717) is 5.57 Å². The highest BCUT2D eigenvalue weighted by Crippen LogP contribution is 2.26. The molecule has 0 aromatic heterocycles. The molecule has 1 saturated carbocycles. The van der Waals surface area contributed by atoms with E-state index in [4.69, 9.17) is 9.47 Å². The average molecular weight is 315 g/mol. The standard InChI is InChI=1S/C18H21NO4/c1-12(17(20)19-15-7-3-4-8-15)23-18(21)14-10-13-6-2-5-9-16(13)22-11-14/h2,5-6,9-10,12,15H,3-4,7-8,11H2,1H3,(H,19,20)/t12-/m1/s1. The van der Waals surface area contributed by atoms with Crippen LogP contribution in [-0.2, 0) is 14.3 Å². The second kappa shape index (κ2) is 6.86. The van der Waals surface area contributed by atoms with Gasteiger partial charge in [0, 0.05) is 11.6 Å². The van der Waals surface area contributed by atoms with Crippen LogP contribution in [-0.4, -0.2) is 30.6 Å². The van der Waals surface area contributed by atoms with Gasteiger partial charge < -0.3 is 14.8 Å². The molecule has 1 heterocycles. The molecule has 1 amide bonds. The third kappa shape index (κ3) is 3.73. The Morgan fingerprint density at radius 3 is 2.78 bits per heavy atom. The summed E-state index contributed by atoms with van der Waals surface area (Å²) in [5.41, 5.74) is 1.26. The first-order valence-corrected chi connectivity index (χ1v) is 8.07. The lowest BCUT2D eigenvalue weighted by Crippen LogP contribution is -2.41. The number of hydrogen-bond acceptors (Lipinski definition) is 4. The summed E-state index contributed by atoms with van der Waals surface area (Å²) >= 11 is 0. The number of ether oxygens (including phenoxy) is 2. The fourth-order valence-electron chi connectivity index (χ4n) is 2.91. The van der Waals surface area contributed by atoms with Crippen molar-refractivity contribution in [3.8, 4) is 5.75 Å². The molecule has 0 saturated heterocycles. The molecule has 5 nitrogen and oxygen atoms in total. The quantitative estimate of drug-likeness (QED) is 0.867. The number of benzene rings is 1. The smallest absolute Gasteiger partial charge is 0.338 e. The number of rotatable bonds is 4. The van der Waals surface area contributed by atoms with Gasteiger partial charge in [-0.3, -0.25) is 4.79 Å². The summed E-state index contributed by atoms with van der Waals surface area (Å²) < 4.78 is 10.8. The minimum atomic E-state index is -0.804. The van der Waals surface area contributed by atoms with E-state index in [0.717, 1.165) is 37.0 Å². The van der Waals surface area contributed by atoms with Crippen LogP contribution in [0.4, 0.5) is 0 Å². The fourth-order valence-corrected chi connectivity index (χ4v) is 2.91. The maximum absolute atomic E-state index is 12.2. The Hall–Kier alpha value is -2.30. The van der Waals surface area contributed by atoms with Gasteiger partial charge in [-0.25, -0.2) is 4.79 Å². The molecule has 1 aromatic carbocycles. The summed E-state index contributed by atoms with van der Waals surface area (Å²) in [6.45, 7) is 1.76. The Bertz CT molecular complexity index is 632. The van der Waals surface area contributed by atoms with Gasteiger partial charge in [-0.05, 0) is 31.9 Å². The zero-order chi connectivity index (χ0) is 16.2. The molecule has 1 aliphatic carbocycles. The predicted molar refractivity (Wildman–Crippen MR) is 85.9 cm³/mol. The molecule has 2 aliphatic rings. The van der Waals surface area contributed by atoms with E-state index in [1.54, 1.807) is 13.0 Å². The second-order valence-corrected chi connectivity index (χ2v) is 6.03. The molecule has 1 atom stereocenters. The number of carbonyl (C=O) groups is 2. The lowest BCUT2D eigenvalue weighted by molar-refractivity contribution is -0.151. The van der Waals surface area contributed by atoms with Gasteiger partial charge in [0.05, 0.1) is 5.57 Å². The first kappa shape index (κ1) is 15.6. The van der Waals surface area contributed by atoms with E-state index in [-0.39, 0.29) is 18.6 Å². The van der Waals surface area contributed by atoms with Crippen LogP contribution in [0.3, 0.4) is 0 Å². The van der Waals surface area contributed by atoms with Crippen LogP contribution in [0.2, 0.25) is 0 Å². The highest BCUT2D eigenvalue weighted by atomic mass is 16.6. The number of para-hydroxylation sites is 1. The molecule has 0 radical (unpaired) electrons. The van der Waals surface area contributed by atoms with Crippen LogP contribution in [0.1, 0.15) is 38.2 Å². The van der Waals surface area contributed by atoms with Crippen molar-refractivity contribution in [1.29, 1.82) is 0 Å². The number of esters is 1. The summed E-state index contributed by atoms with van der Waals surface area (Å²) in [6.07, 6.45) is 5.24. The minimum Gasteiger partial charge on any atom is -0.488 e. The van der Waals surface area contributed by atoms with Crippen LogP contribution in [0.15, 0.2) is 29.8 Å². The fraction of sp³-hybridized carbons (Fsp3) is 0.444. The third-order valence-corrected chi connectivity index (χ3v) is 4.25. The zero-order valence-electron chi connectivity index (χ0n) is 13.2. The van der Waals surface area contributed by atoms with Gasteiger partial charge in [-0.15, -0.1) is 0 Å². The van der Waals surface area contributed by atoms with E-state index < -0.39 is 12.1 Å². The zero-order valence-corrected chi connectivity index (χ0v) is 13.2. The molecule has 0 bridgehead atoms. The van der Waals surface area contributed by atoms with Crippen LogP contribution in [0, 0.1) is 0 Å². The molecular weight excluding hydrogens is 294 g/mol. The predicted octanol–water partition coefficient (Wildman–Crippen LogP) is 2.45. The number of carbonyl (C=O) groups excluding carboxylic acids is 2. The van der Waals surface area contributed by atoms with Crippen LogP contribution in [0.25, 0.3) is 6.08 Å². The summed E-state index contributed by atoms with van der Waals surface area (Å²) in [7, 11) is 0. The highest BCUT2D eigenvalue weighted by Gasteiger charge is 2.25. The summed E-state index contributed by atoms with van der Waals surface area (Å²) in [5, 5.41) is 2.94. The topological polar surface area (TPSA) is 64.6 Å². The summed E-state index contributed by atoms with van der Waals surface area (Å²) in [5.74, 6) is 0.00706. The largest absolute Gasteiger partial charge is 0.488 e. The summed E-state index contributed by atoms with van der Waals surface area (Å²) in [4.78, 5) is 24.3. The Labute approximate surface area is 135 Å². The summed E-state index contributed by atoms with van der Waals surface area (Å²) in [6, 6.07) is 7.70. The normalized spacial score (nSPS) is 18.4. The Kier molecular flexibility index (Phi) is 4.65. The molecule has 0 spiro atoms. The molecule has 1 aliphatic heterocycles. The lowest BCUT2D eigenvalue weighted by atomic mass is 10.1. The second-order valence-electron chi connectivity index (χ2n) is 6.03. The van der Waals surface area contributed by atoms with Gasteiger partial charge in [0.1, 0.15) is 12.4 Å². The van der Waals surface area contributed by atoms with Crippen molar-refractivity contribution in [3.05, 3.63) is 35.4 Å². The van der Waals surface area contributed by atoms with E-state index in [9.17, 15) is 9.59 Å². The SMILES string of the molecule is C[C@@H](OC(=O)C1=Cc2ccccc2OC1)C(=O)NC1CCCC1. The van der Waals surface area contributed by atoms with E-state index >= 15 is 0 Å². The third-order valence-electron chi connectivity index (χ3n) is 4.25. The van der Waals surface area contributed by atoms with Gasteiger partial charge >= 0.3 is 5.97 Å². The van der Waals surface area contributed by atoms with Crippen LogP contribution < -0.4 is 10.1 Å². The number of fused-ring (bicyclic) bond motifs is 1. The van der Waals surface area contributed by atoms with Crippen molar-refractivity contribution in [3.63, 3.8) is 0 Å². The molecule has 1 aromatic rings. The molecule has 5 heteroatoms. The van der Waals surface area contributed by atoms with E-state index in [1.807, 2.05) is 24.3 Å². The minimum absolute atomic E-state index is 0.160. The van der Waals surface area contributed by atoms with Gasteiger partial charge in [0.2, 0.25) is 0 Å². The first-order chi connectivity index (χ1) is 11.1. The average Bonchev–Trinajstić information content (AvgIpc) is 3.07. The molecular formula is C18H21NO4. The van der Waals surface area contributed by atoms with Gasteiger partial charge in [-0.2, -0.15) is 0 Å².